The van der Waals surface area contributed by atoms with Gasteiger partial charge in [0.2, 0.25) is 15.9 Å². The molecular formula is C22H28ClN3O3S. The van der Waals surface area contributed by atoms with Gasteiger partial charge in [-0.15, -0.1) is 0 Å². The van der Waals surface area contributed by atoms with Crippen molar-refractivity contribution in [1.29, 1.82) is 0 Å². The number of carbonyl (C=O) groups is 1. The second-order valence-electron chi connectivity index (χ2n) is 7.72. The van der Waals surface area contributed by atoms with Crippen LogP contribution in [0.1, 0.15) is 31.4 Å². The molecule has 6 nitrogen and oxygen atoms in total. The van der Waals surface area contributed by atoms with Crippen molar-refractivity contribution >= 4 is 27.5 Å². The number of likely N-dealkylation sites (tertiary alicyclic amines) is 1. The molecule has 0 saturated carbocycles. The summed E-state index contributed by atoms with van der Waals surface area (Å²) in [5.74, 6) is 0.0616. The van der Waals surface area contributed by atoms with Gasteiger partial charge in [0.25, 0.3) is 0 Å². The molecule has 1 aliphatic rings. The van der Waals surface area contributed by atoms with Crippen LogP contribution in [0.3, 0.4) is 0 Å². The molecule has 1 N–H and O–H groups in total. The lowest BCUT2D eigenvalue weighted by molar-refractivity contribution is -0.133. The smallest absolute Gasteiger partial charge is 0.240 e. The maximum atomic E-state index is 12.7. The van der Waals surface area contributed by atoms with E-state index in [9.17, 15) is 13.2 Å². The van der Waals surface area contributed by atoms with Crippen molar-refractivity contribution in [3.63, 3.8) is 0 Å². The molecule has 0 aliphatic carbocycles. The van der Waals surface area contributed by atoms with E-state index in [1.54, 1.807) is 17.0 Å². The highest BCUT2D eigenvalue weighted by molar-refractivity contribution is 7.89. The van der Waals surface area contributed by atoms with Crippen LogP contribution in [0.15, 0.2) is 59.5 Å². The van der Waals surface area contributed by atoms with Crippen LogP contribution in [0, 0.1) is 0 Å². The molecule has 1 saturated heterocycles. The van der Waals surface area contributed by atoms with Crippen LogP contribution in [0.4, 0.5) is 0 Å². The zero-order valence-electron chi connectivity index (χ0n) is 17.3. The van der Waals surface area contributed by atoms with Crippen LogP contribution in [-0.4, -0.2) is 56.8 Å². The number of piperidine rings is 1. The van der Waals surface area contributed by atoms with Crippen LogP contribution in [0.2, 0.25) is 5.02 Å². The Morgan fingerprint density at radius 3 is 2.33 bits per heavy atom. The molecular weight excluding hydrogens is 422 g/mol. The quantitative estimate of drug-likeness (QED) is 0.704. The summed E-state index contributed by atoms with van der Waals surface area (Å²) in [6.45, 7) is 3.70. The van der Waals surface area contributed by atoms with Crippen molar-refractivity contribution in [3.05, 3.63) is 65.2 Å². The Labute approximate surface area is 183 Å². The number of amides is 1. The molecule has 0 bridgehead atoms. The Balaban J connectivity index is 1.49. The normalized spacial score (nSPS) is 16.9. The number of rotatable bonds is 7. The predicted octanol–water partition coefficient (Wildman–Crippen LogP) is 3.30. The summed E-state index contributed by atoms with van der Waals surface area (Å²) < 4.78 is 27.9. The summed E-state index contributed by atoms with van der Waals surface area (Å²) in [6.07, 6.45) is 1.33. The number of halogens is 1. The second kappa shape index (κ2) is 9.92. The molecule has 0 aromatic heterocycles. The fourth-order valence-corrected chi connectivity index (χ4v) is 5.02. The van der Waals surface area contributed by atoms with E-state index in [-0.39, 0.29) is 22.9 Å². The number of hydrogen-bond acceptors (Lipinski definition) is 4. The summed E-state index contributed by atoms with van der Waals surface area (Å²) >= 11 is 5.84. The fourth-order valence-electron chi connectivity index (χ4n) is 3.58. The average molecular weight is 450 g/mol. The first-order valence-corrected chi connectivity index (χ1v) is 11.9. The van der Waals surface area contributed by atoms with Crippen molar-refractivity contribution < 1.29 is 13.2 Å². The number of carbonyl (C=O) groups excluding carboxylic acids is 1. The average Bonchev–Trinajstić information content (AvgIpc) is 2.74. The Morgan fingerprint density at radius 2 is 1.73 bits per heavy atom. The third-order valence-electron chi connectivity index (χ3n) is 5.65. The number of nitrogens with zero attached hydrogens (tertiary/aromatic N) is 2. The highest BCUT2D eigenvalue weighted by Crippen LogP contribution is 2.20. The van der Waals surface area contributed by atoms with E-state index in [4.69, 9.17) is 11.6 Å². The van der Waals surface area contributed by atoms with Gasteiger partial charge >= 0.3 is 0 Å². The van der Waals surface area contributed by atoms with Crippen LogP contribution >= 0.6 is 11.6 Å². The predicted molar refractivity (Wildman–Crippen MR) is 119 cm³/mol. The molecule has 2 aromatic carbocycles. The van der Waals surface area contributed by atoms with Gasteiger partial charge in [0, 0.05) is 31.2 Å². The molecule has 30 heavy (non-hydrogen) atoms. The third kappa shape index (κ3) is 5.82. The molecule has 0 spiro atoms. The maximum absolute atomic E-state index is 12.7. The molecule has 1 unspecified atom stereocenters. The SMILES string of the molecule is CC(c1ccccc1)N(C)C(=O)CN1CCC(NS(=O)(=O)c2ccc(Cl)cc2)CC1. The number of likely N-dealkylation sites (N-methyl/N-ethyl adjacent to an activating group) is 1. The number of benzene rings is 2. The Hall–Kier alpha value is -1.93. The lowest BCUT2D eigenvalue weighted by atomic mass is 10.1. The summed E-state index contributed by atoms with van der Waals surface area (Å²) in [6, 6.07) is 15.9. The minimum atomic E-state index is -3.57. The van der Waals surface area contributed by atoms with Gasteiger partial charge in [-0.1, -0.05) is 41.9 Å². The standard InChI is InChI=1S/C22H28ClN3O3S/c1-17(18-6-4-3-5-7-18)25(2)22(27)16-26-14-12-20(13-15-26)24-30(28,29)21-10-8-19(23)9-11-21/h3-11,17,20,24H,12-16H2,1-2H3. The van der Waals surface area contributed by atoms with Crippen LogP contribution in [-0.2, 0) is 14.8 Å². The molecule has 1 heterocycles. The number of nitrogens with one attached hydrogen (secondary N) is 1. The van der Waals surface area contributed by atoms with Crippen molar-refractivity contribution in [2.24, 2.45) is 0 Å². The van der Waals surface area contributed by atoms with E-state index in [0.29, 0.717) is 37.5 Å². The second-order valence-corrected chi connectivity index (χ2v) is 9.87. The van der Waals surface area contributed by atoms with Gasteiger partial charge in [-0.3, -0.25) is 9.69 Å². The van der Waals surface area contributed by atoms with Gasteiger partial charge in [0.05, 0.1) is 17.5 Å². The van der Waals surface area contributed by atoms with Crippen molar-refractivity contribution in [2.75, 3.05) is 26.7 Å². The fraction of sp³-hybridized carbons (Fsp3) is 0.409. The molecule has 1 fully saturated rings. The molecule has 1 atom stereocenters. The Bertz CT molecular complexity index is 943. The summed E-state index contributed by atoms with van der Waals surface area (Å²) in [4.78, 5) is 16.8. The minimum Gasteiger partial charge on any atom is -0.338 e. The topological polar surface area (TPSA) is 69.7 Å². The maximum Gasteiger partial charge on any atom is 0.240 e. The van der Waals surface area contributed by atoms with E-state index in [2.05, 4.69) is 9.62 Å². The lowest BCUT2D eigenvalue weighted by Gasteiger charge is -2.34. The summed E-state index contributed by atoms with van der Waals surface area (Å²) in [7, 11) is -1.75. The first-order chi connectivity index (χ1) is 14.3. The highest BCUT2D eigenvalue weighted by atomic mass is 35.5. The van der Waals surface area contributed by atoms with Crippen molar-refractivity contribution in [2.45, 2.75) is 36.7 Å². The van der Waals surface area contributed by atoms with Crippen LogP contribution in [0.5, 0.6) is 0 Å². The number of sulfonamides is 1. The highest BCUT2D eigenvalue weighted by Gasteiger charge is 2.27. The first-order valence-electron chi connectivity index (χ1n) is 10.1. The van der Waals surface area contributed by atoms with E-state index in [1.807, 2.05) is 44.3 Å². The van der Waals surface area contributed by atoms with Crippen molar-refractivity contribution in [3.8, 4) is 0 Å². The van der Waals surface area contributed by atoms with Gasteiger partial charge in [0.15, 0.2) is 0 Å². The summed E-state index contributed by atoms with van der Waals surface area (Å²) in [5.41, 5.74) is 1.10. The molecule has 162 valence electrons. The molecule has 1 amide bonds. The van der Waals surface area contributed by atoms with E-state index in [0.717, 1.165) is 5.56 Å². The first kappa shape index (κ1) is 22.7. The molecule has 1 aliphatic heterocycles. The van der Waals surface area contributed by atoms with Gasteiger partial charge in [-0.25, -0.2) is 13.1 Å². The zero-order valence-corrected chi connectivity index (χ0v) is 18.9. The molecule has 0 radical (unpaired) electrons. The Kier molecular flexibility index (Phi) is 7.52. The van der Waals surface area contributed by atoms with E-state index < -0.39 is 10.0 Å². The molecule has 3 rings (SSSR count). The van der Waals surface area contributed by atoms with E-state index >= 15 is 0 Å². The van der Waals surface area contributed by atoms with Crippen LogP contribution in [0.25, 0.3) is 0 Å². The van der Waals surface area contributed by atoms with Gasteiger partial charge in [-0.2, -0.15) is 0 Å². The third-order valence-corrected chi connectivity index (χ3v) is 7.44. The monoisotopic (exact) mass is 449 g/mol. The van der Waals surface area contributed by atoms with Gasteiger partial charge in [0.1, 0.15) is 0 Å². The summed E-state index contributed by atoms with van der Waals surface area (Å²) in [5, 5.41) is 0.499. The molecule has 8 heteroatoms. The largest absolute Gasteiger partial charge is 0.338 e. The Morgan fingerprint density at radius 1 is 1.13 bits per heavy atom. The van der Waals surface area contributed by atoms with Gasteiger partial charge < -0.3 is 4.90 Å². The van der Waals surface area contributed by atoms with Crippen LogP contribution < -0.4 is 4.72 Å². The number of hydrogen-bond donors (Lipinski definition) is 1. The zero-order chi connectivity index (χ0) is 21.7. The van der Waals surface area contributed by atoms with E-state index in [1.165, 1.54) is 12.1 Å². The van der Waals surface area contributed by atoms with Gasteiger partial charge in [-0.05, 0) is 49.6 Å². The minimum absolute atomic E-state index is 0.00224. The molecule has 2 aromatic rings. The lowest BCUT2D eigenvalue weighted by Crippen LogP contribution is -2.47. The van der Waals surface area contributed by atoms with Crippen molar-refractivity contribution in [1.82, 2.24) is 14.5 Å².